The molecule has 4 aromatic heterocycles. The summed E-state index contributed by atoms with van der Waals surface area (Å²) in [6, 6.07) is 15.2. The Balaban J connectivity index is 0.000000176. The molecular formula is C40H42B2BrF4N6O2S2-. The summed E-state index contributed by atoms with van der Waals surface area (Å²) in [4.78, 5) is 17.6. The van der Waals surface area contributed by atoms with E-state index in [1.54, 1.807) is 24.9 Å². The largest absolute Gasteiger partial charge is 0.365 e. The van der Waals surface area contributed by atoms with Crippen molar-refractivity contribution in [2.45, 2.75) is 49.7 Å². The number of H-pyrrole nitrogens is 2. The van der Waals surface area contributed by atoms with E-state index in [2.05, 4.69) is 46.1 Å². The molecule has 0 saturated heterocycles. The summed E-state index contributed by atoms with van der Waals surface area (Å²) >= 11 is 3.27. The molecule has 0 fully saturated rings. The van der Waals surface area contributed by atoms with Gasteiger partial charge in [0.25, 0.3) is 0 Å². The lowest BCUT2D eigenvalue weighted by atomic mass is 9.81. The average molecular weight is 880 g/mol. The maximum atomic E-state index is 14.1. The minimum Gasteiger partial charge on any atom is -0.365 e. The molecule has 298 valence electrons. The lowest BCUT2D eigenvalue weighted by Gasteiger charge is -2.30. The van der Waals surface area contributed by atoms with Crippen molar-refractivity contribution < 1.29 is 26.0 Å². The summed E-state index contributed by atoms with van der Waals surface area (Å²) in [5, 5.41) is 3.79. The van der Waals surface area contributed by atoms with Gasteiger partial charge < -0.3 is 20.2 Å². The number of fused-ring (bicyclic) bond motifs is 2. The van der Waals surface area contributed by atoms with Crippen molar-refractivity contribution in [1.82, 2.24) is 25.3 Å². The SMILES string of the molecule is Cc1cc(S(C)=O)cnc1Br.Cc1cc(S(C)=O)ncc1N1CCc2[nH]c(-c3c(F)cccc3F)cc2C1.Fc1cccc(F)c1-c1cc2c([nH]1)CCNC2.[B][BH3-]. The first-order valence-electron chi connectivity index (χ1n) is 17.3. The Kier molecular flexibility index (Phi) is 15.3. The van der Waals surface area contributed by atoms with Gasteiger partial charge in [-0.1, -0.05) is 19.9 Å². The van der Waals surface area contributed by atoms with Crippen LogP contribution in [0, 0.1) is 37.1 Å². The van der Waals surface area contributed by atoms with Crippen molar-refractivity contribution in [3.05, 3.63) is 135 Å². The summed E-state index contributed by atoms with van der Waals surface area (Å²) in [6.45, 7) is 6.94. The van der Waals surface area contributed by atoms with Crippen molar-refractivity contribution in [2.24, 2.45) is 0 Å². The number of anilines is 1. The third kappa shape index (κ3) is 10.6. The molecule has 2 unspecified atom stereocenters. The second kappa shape index (κ2) is 19.9. The fourth-order valence-electron chi connectivity index (χ4n) is 6.48. The van der Waals surface area contributed by atoms with Gasteiger partial charge in [0.1, 0.15) is 32.9 Å². The molecule has 0 bridgehead atoms. The van der Waals surface area contributed by atoms with Crippen LogP contribution in [0.4, 0.5) is 23.2 Å². The third-order valence-electron chi connectivity index (χ3n) is 9.32. The molecule has 0 aliphatic carbocycles. The Hall–Kier alpha value is -4.31. The number of halogens is 5. The van der Waals surface area contributed by atoms with Gasteiger partial charge in [-0.25, -0.2) is 27.5 Å². The van der Waals surface area contributed by atoms with Crippen molar-refractivity contribution in [3.8, 4) is 22.5 Å². The standard InChI is InChI=1S/C20H19F2N3OS.C13H12F2N2.C7H8BrNOS.B2H3/c1-12-8-19(27(2)26)23-10-18(12)25-7-6-16-13(11-25)9-17(24-16)20-14(21)4-3-5-15(20)22;14-9-2-1-3-10(15)13(9)12-6-8-7-16-5-4-11(8)17-12;1-5-3-6(11(2)10)4-9-7(5)8;1-2/h3-5,8-10,24H,6-7,11H2,1-2H3;1-3,6,16-17H,4-5,7H2;3-4H,1-2H3;1H3/q;;;-1. The Bertz CT molecular complexity index is 2350. The Morgan fingerprint density at radius 1 is 0.754 bits per heavy atom. The lowest BCUT2D eigenvalue weighted by molar-refractivity contribution is 0.588. The van der Waals surface area contributed by atoms with E-state index >= 15 is 0 Å². The van der Waals surface area contributed by atoms with Crippen LogP contribution in [-0.2, 0) is 47.5 Å². The van der Waals surface area contributed by atoms with E-state index in [1.807, 2.05) is 38.1 Å². The monoisotopic (exact) mass is 879 g/mol. The summed E-state index contributed by atoms with van der Waals surface area (Å²) in [5.41, 5.74) is 8.17. The molecule has 2 atom stereocenters. The molecule has 2 aliphatic heterocycles. The maximum Gasteiger partial charge on any atom is 0.135 e. The van der Waals surface area contributed by atoms with E-state index in [0.717, 1.165) is 81.3 Å². The van der Waals surface area contributed by atoms with E-state index in [9.17, 15) is 26.0 Å². The summed E-state index contributed by atoms with van der Waals surface area (Å²) in [7, 11) is 2.95. The van der Waals surface area contributed by atoms with Crippen molar-refractivity contribution in [3.63, 3.8) is 0 Å². The highest BCUT2D eigenvalue weighted by Crippen LogP contribution is 2.33. The van der Waals surface area contributed by atoms with Crippen molar-refractivity contribution in [2.75, 3.05) is 30.5 Å². The molecule has 8 rings (SSSR count). The minimum atomic E-state index is -1.12. The Morgan fingerprint density at radius 2 is 1.32 bits per heavy atom. The van der Waals surface area contributed by atoms with Crippen LogP contribution >= 0.6 is 15.9 Å². The Morgan fingerprint density at radius 3 is 1.82 bits per heavy atom. The van der Waals surface area contributed by atoms with E-state index < -0.39 is 44.9 Å². The number of aryl methyl sites for hydroxylation is 2. The number of aromatic amines is 2. The van der Waals surface area contributed by atoms with Gasteiger partial charge in [0.2, 0.25) is 0 Å². The fourth-order valence-corrected chi connectivity index (χ4v) is 7.78. The molecule has 3 N–H and O–H groups in total. The number of aromatic nitrogens is 4. The zero-order valence-electron chi connectivity index (χ0n) is 31.1. The first-order valence-corrected chi connectivity index (χ1v) is 21.2. The summed E-state index contributed by atoms with van der Waals surface area (Å²) < 4.78 is 78.8. The highest BCUT2D eigenvalue weighted by atomic mass is 79.9. The van der Waals surface area contributed by atoms with Crippen molar-refractivity contribution >= 4 is 58.7 Å². The maximum absolute atomic E-state index is 14.1. The number of hydrogen-bond acceptors (Lipinski definition) is 6. The number of rotatable bonds is 5. The molecule has 0 saturated carbocycles. The lowest BCUT2D eigenvalue weighted by Crippen LogP contribution is -2.30. The van der Waals surface area contributed by atoms with Gasteiger partial charge in [-0.15, -0.1) is 0 Å². The summed E-state index contributed by atoms with van der Waals surface area (Å²) in [5.74, 6) is -2.21. The van der Waals surface area contributed by atoms with Crippen LogP contribution in [0.3, 0.4) is 0 Å². The topological polar surface area (TPSA) is 107 Å². The van der Waals surface area contributed by atoms with Crippen LogP contribution in [0.5, 0.6) is 0 Å². The zero-order valence-corrected chi connectivity index (χ0v) is 34.3. The predicted octanol–water partition coefficient (Wildman–Crippen LogP) is 6.89. The molecular weight excluding hydrogens is 838 g/mol. The average Bonchev–Trinajstić information content (AvgIpc) is 3.81. The van der Waals surface area contributed by atoms with Crippen LogP contribution in [-0.4, -0.2) is 69.4 Å². The smallest absolute Gasteiger partial charge is 0.135 e. The molecule has 0 amide bonds. The normalized spacial score (nSPS) is 14.0. The Labute approximate surface area is 345 Å². The number of hydrogen-bond donors (Lipinski definition) is 3. The van der Waals surface area contributed by atoms with Gasteiger partial charge in [-0.05, 0) is 101 Å². The van der Waals surface area contributed by atoms with Gasteiger partial charge in [0.15, 0.2) is 0 Å². The van der Waals surface area contributed by atoms with Gasteiger partial charge in [0, 0.05) is 69.1 Å². The highest BCUT2D eigenvalue weighted by molar-refractivity contribution is 9.10. The molecule has 17 heteroatoms. The summed E-state index contributed by atoms with van der Waals surface area (Å²) in [6.07, 6.45) is 8.23. The molecule has 0 spiro atoms. The zero-order chi connectivity index (χ0) is 41.4. The van der Waals surface area contributed by atoms with E-state index in [-0.39, 0.29) is 18.9 Å². The predicted molar refractivity (Wildman–Crippen MR) is 228 cm³/mol. The van der Waals surface area contributed by atoms with Crippen LogP contribution in [0.25, 0.3) is 22.5 Å². The van der Waals surface area contributed by atoms with E-state index in [1.165, 1.54) is 36.4 Å². The van der Waals surface area contributed by atoms with Crippen LogP contribution in [0.1, 0.15) is 33.6 Å². The minimum absolute atomic E-state index is 0.0222. The van der Waals surface area contributed by atoms with Crippen LogP contribution < -0.4 is 10.2 Å². The number of nitrogens with one attached hydrogen (secondary N) is 3. The third-order valence-corrected chi connectivity index (χ3v) is 11.9. The van der Waals surface area contributed by atoms with E-state index in [0.29, 0.717) is 23.0 Å². The number of pyridine rings is 2. The molecule has 2 radical (unpaired) electrons. The molecule has 57 heavy (non-hydrogen) atoms. The molecule has 6 heterocycles. The second-order valence-corrected chi connectivity index (χ2v) is 16.6. The fraction of sp³-hybridized carbons (Fsp3) is 0.250. The highest BCUT2D eigenvalue weighted by Gasteiger charge is 2.23. The molecule has 8 nitrogen and oxygen atoms in total. The van der Waals surface area contributed by atoms with Crippen LogP contribution in [0.15, 0.2) is 87.6 Å². The van der Waals surface area contributed by atoms with E-state index in [4.69, 9.17) is 7.74 Å². The molecule has 2 aromatic carbocycles. The quantitative estimate of drug-likeness (QED) is 0.0990. The van der Waals surface area contributed by atoms with Gasteiger partial charge in [0.05, 0.1) is 60.9 Å². The first-order chi connectivity index (χ1) is 27.3. The van der Waals surface area contributed by atoms with Gasteiger partial charge in [-0.3, -0.25) is 8.42 Å². The molecule has 2 aliphatic rings. The first kappa shape index (κ1) is 43.8. The van der Waals surface area contributed by atoms with Crippen molar-refractivity contribution in [1.29, 1.82) is 0 Å². The second-order valence-electron chi connectivity index (χ2n) is 13.2. The van der Waals surface area contributed by atoms with Gasteiger partial charge in [-0.2, -0.15) is 7.74 Å². The molecule has 6 aromatic rings. The number of benzene rings is 2. The van der Waals surface area contributed by atoms with Crippen LogP contribution in [0.2, 0.25) is 0 Å². The number of nitrogens with zero attached hydrogens (tertiary/aromatic N) is 3. The van der Waals surface area contributed by atoms with Gasteiger partial charge >= 0.3 is 0 Å².